The first-order valence-electron chi connectivity index (χ1n) is 6.01. The van der Waals surface area contributed by atoms with Gasteiger partial charge in [0.25, 0.3) is 0 Å². The molecule has 0 amide bonds. The highest BCUT2D eigenvalue weighted by molar-refractivity contribution is 5.36. The van der Waals surface area contributed by atoms with Gasteiger partial charge < -0.3 is 14.4 Å². The van der Waals surface area contributed by atoms with Crippen LogP contribution in [-0.2, 0) is 6.61 Å². The van der Waals surface area contributed by atoms with Crippen LogP contribution in [0, 0.1) is 19.7 Å². The molecule has 2 rings (SSSR count). The van der Waals surface area contributed by atoms with E-state index in [0.717, 1.165) is 11.3 Å². The zero-order chi connectivity index (χ0) is 14.0. The largest absolute Gasteiger partial charge is 0.488 e. The second-order valence-electron chi connectivity index (χ2n) is 4.45. The van der Waals surface area contributed by atoms with Gasteiger partial charge in [0.05, 0.1) is 17.4 Å². The summed E-state index contributed by atoms with van der Waals surface area (Å²) in [4.78, 5) is 0. The number of rotatable bonds is 4. The molecule has 0 radical (unpaired) electrons. The van der Waals surface area contributed by atoms with Crippen LogP contribution in [0.25, 0.3) is 0 Å². The second kappa shape index (κ2) is 5.40. The molecule has 0 aliphatic rings. The Balaban J connectivity index is 2.22. The summed E-state index contributed by atoms with van der Waals surface area (Å²) in [5.74, 6) is 0.598. The molecule has 1 aromatic carbocycles. The summed E-state index contributed by atoms with van der Waals surface area (Å²) in [6.45, 7) is 5.44. The number of halogens is 1. The molecule has 0 unspecified atom stereocenters. The van der Waals surface area contributed by atoms with Crippen molar-refractivity contribution in [3.8, 4) is 5.75 Å². The van der Waals surface area contributed by atoms with Gasteiger partial charge >= 0.3 is 0 Å². The normalized spacial score (nSPS) is 12.5. The SMILES string of the molecule is Cc1noc(C)c1COc1cc(F)ccc1[C@H](C)O. The fourth-order valence-corrected chi connectivity index (χ4v) is 1.84. The lowest BCUT2D eigenvalue weighted by Gasteiger charge is -2.13. The summed E-state index contributed by atoms with van der Waals surface area (Å²) < 4.78 is 23.9. The maximum absolute atomic E-state index is 13.2. The molecule has 0 spiro atoms. The van der Waals surface area contributed by atoms with Gasteiger partial charge in [-0.2, -0.15) is 0 Å². The van der Waals surface area contributed by atoms with E-state index >= 15 is 0 Å². The summed E-state index contributed by atoms with van der Waals surface area (Å²) in [5, 5.41) is 13.5. The van der Waals surface area contributed by atoms with Gasteiger partial charge in [0.15, 0.2) is 0 Å². The average molecular weight is 265 g/mol. The van der Waals surface area contributed by atoms with Crippen molar-refractivity contribution in [1.29, 1.82) is 0 Å². The second-order valence-corrected chi connectivity index (χ2v) is 4.45. The molecular weight excluding hydrogens is 249 g/mol. The van der Waals surface area contributed by atoms with Crippen molar-refractivity contribution >= 4 is 0 Å². The van der Waals surface area contributed by atoms with Crippen LogP contribution in [-0.4, -0.2) is 10.3 Å². The third kappa shape index (κ3) is 2.93. The number of aliphatic hydroxyl groups excluding tert-OH is 1. The van der Waals surface area contributed by atoms with Crippen LogP contribution < -0.4 is 4.74 Å². The molecule has 2 aromatic rings. The van der Waals surface area contributed by atoms with Crippen molar-refractivity contribution in [1.82, 2.24) is 5.16 Å². The molecule has 19 heavy (non-hydrogen) atoms. The number of nitrogens with zero attached hydrogens (tertiary/aromatic N) is 1. The lowest BCUT2D eigenvalue weighted by molar-refractivity contribution is 0.189. The maximum Gasteiger partial charge on any atom is 0.140 e. The molecule has 1 N–H and O–H groups in total. The highest BCUT2D eigenvalue weighted by Gasteiger charge is 2.13. The van der Waals surface area contributed by atoms with Crippen LogP contribution >= 0.6 is 0 Å². The quantitative estimate of drug-likeness (QED) is 0.923. The number of aliphatic hydroxyl groups is 1. The molecule has 0 bridgehead atoms. The van der Waals surface area contributed by atoms with Crippen LogP contribution in [0.4, 0.5) is 4.39 Å². The monoisotopic (exact) mass is 265 g/mol. The Hall–Kier alpha value is -1.88. The summed E-state index contributed by atoms with van der Waals surface area (Å²) in [6, 6.07) is 4.08. The Kier molecular flexibility index (Phi) is 3.85. The molecule has 102 valence electrons. The smallest absolute Gasteiger partial charge is 0.140 e. The number of hydrogen-bond acceptors (Lipinski definition) is 4. The Labute approximate surface area is 110 Å². The van der Waals surface area contributed by atoms with E-state index in [2.05, 4.69) is 5.16 Å². The van der Waals surface area contributed by atoms with Crippen LogP contribution in [0.3, 0.4) is 0 Å². The van der Waals surface area contributed by atoms with E-state index in [1.165, 1.54) is 18.2 Å². The van der Waals surface area contributed by atoms with Crippen molar-refractivity contribution < 1.29 is 18.8 Å². The summed E-state index contributed by atoms with van der Waals surface area (Å²) in [5.41, 5.74) is 2.13. The number of aryl methyl sites for hydroxylation is 2. The summed E-state index contributed by atoms with van der Waals surface area (Å²) >= 11 is 0. The van der Waals surface area contributed by atoms with E-state index < -0.39 is 11.9 Å². The van der Waals surface area contributed by atoms with Gasteiger partial charge in [-0.25, -0.2) is 4.39 Å². The van der Waals surface area contributed by atoms with E-state index in [0.29, 0.717) is 17.1 Å². The van der Waals surface area contributed by atoms with E-state index in [-0.39, 0.29) is 6.61 Å². The third-order valence-electron chi connectivity index (χ3n) is 2.98. The number of benzene rings is 1. The topological polar surface area (TPSA) is 55.5 Å². The van der Waals surface area contributed by atoms with Crippen molar-refractivity contribution in [3.63, 3.8) is 0 Å². The van der Waals surface area contributed by atoms with Crippen LogP contribution in [0.15, 0.2) is 22.7 Å². The van der Waals surface area contributed by atoms with Gasteiger partial charge in [-0.05, 0) is 32.9 Å². The van der Waals surface area contributed by atoms with Gasteiger partial charge in [-0.3, -0.25) is 0 Å². The lowest BCUT2D eigenvalue weighted by Crippen LogP contribution is -2.02. The minimum absolute atomic E-state index is 0.227. The molecule has 4 nitrogen and oxygen atoms in total. The Morgan fingerprint density at radius 2 is 2.16 bits per heavy atom. The predicted octanol–water partition coefficient (Wildman–Crippen LogP) is 3.06. The summed E-state index contributed by atoms with van der Waals surface area (Å²) in [7, 11) is 0. The fraction of sp³-hybridized carbons (Fsp3) is 0.357. The summed E-state index contributed by atoms with van der Waals surface area (Å²) in [6.07, 6.45) is -0.722. The number of ether oxygens (including phenoxy) is 1. The molecule has 0 fully saturated rings. The Bertz CT molecular complexity index is 559. The van der Waals surface area contributed by atoms with E-state index in [4.69, 9.17) is 9.26 Å². The molecule has 1 aromatic heterocycles. The van der Waals surface area contributed by atoms with Gasteiger partial charge in [-0.15, -0.1) is 0 Å². The molecular formula is C14H16FNO3. The molecule has 1 atom stereocenters. The maximum atomic E-state index is 13.2. The fourth-order valence-electron chi connectivity index (χ4n) is 1.84. The Morgan fingerprint density at radius 3 is 2.74 bits per heavy atom. The van der Waals surface area contributed by atoms with Crippen molar-refractivity contribution in [2.24, 2.45) is 0 Å². The van der Waals surface area contributed by atoms with Crippen molar-refractivity contribution in [3.05, 3.63) is 46.6 Å². The third-order valence-corrected chi connectivity index (χ3v) is 2.98. The molecule has 1 heterocycles. The average Bonchev–Trinajstić information content (AvgIpc) is 2.66. The van der Waals surface area contributed by atoms with Crippen LogP contribution in [0.2, 0.25) is 0 Å². The van der Waals surface area contributed by atoms with Gasteiger partial charge in [0, 0.05) is 11.6 Å². The lowest BCUT2D eigenvalue weighted by atomic mass is 10.1. The minimum atomic E-state index is -0.722. The standard InChI is InChI=1S/C14H16FNO3/c1-8-13(10(3)19-16-8)7-18-14-6-11(15)4-5-12(14)9(2)17/h4-6,9,17H,7H2,1-3H3/t9-/m0/s1. The van der Waals surface area contributed by atoms with E-state index in [1.807, 2.05) is 6.92 Å². The minimum Gasteiger partial charge on any atom is -0.488 e. The van der Waals surface area contributed by atoms with Gasteiger partial charge in [0.2, 0.25) is 0 Å². The molecule has 0 aliphatic carbocycles. The van der Waals surface area contributed by atoms with E-state index in [9.17, 15) is 9.50 Å². The first-order chi connectivity index (χ1) is 8.99. The first kappa shape index (κ1) is 13.5. The molecule has 0 saturated heterocycles. The first-order valence-corrected chi connectivity index (χ1v) is 6.01. The highest BCUT2D eigenvalue weighted by atomic mass is 19.1. The molecule has 0 saturated carbocycles. The van der Waals surface area contributed by atoms with E-state index in [1.54, 1.807) is 13.8 Å². The zero-order valence-corrected chi connectivity index (χ0v) is 11.1. The van der Waals surface area contributed by atoms with Gasteiger partial charge in [0.1, 0.15) is 23.9 Å². The Morgan fingerprint density at radius 1 is 1.42 bits per heavy atom. The van der Waals surface area contributed by atoms with Crippen molar-refractivity contribution in [2.45, 2.75) is 33.5 Å². The number of hydrogen-bond donors (Lipinski definition) is 1. The molecule has 5 heteroatoms. The predicted molar refractivity (Wildman–Crippen MR) is 67.3 cm³/mol. The van der Waals surface area contributed by atoms with Crippen molar-refractivity contribution in [2.75, 3.05) is 0 Å². The van der Waals surface area contributed by atoms with Gasteiger partial charge in [-0.1, -0.05) is 5.16 Å². The number of aromatic nitrogens is 1. The molecule has 0 aliphatic heterocycles. The van der Waals surface area contributed by atoms with Crippen LogP contribution in [0.1, 0.15) is 35.6 Å². The zero-order valence-electron chi connectivity index (χ0n) is 11.1. The van der Waals surface area contributed by atoms with Crippen LogP contribution in [0.5, 0.6) is 5.75 Å². The highest BCUT2D eigenvalue weighted by Crippen LogP contribution is 2.27.